The van der Waals surface area contributed by atoms with Gasteiger partial charge in [0.2, 0.25) is 0 Å². The fourth-order valence-electron chi connectivity index (χ4n) is 1.86. The molecule has 2 heteroatoms. The molecule has 0 spiro atoms. The summed E-state index contributed by atoms with van der Waals surface area (Å²) in [7, 11) is 0. The Morgan fingerprint density at radius 2 is 1.76 bits per heavy atom. The Bertz CT molecular complexity index is 292. The lowest BCUT2D eigenvalue weighted by Crippen LogP contribution is -2.01. The van der Waals surface area contributed by atoms with Crippen LogP contribution < -0.4 is 4.74 Å². The molecule has 1 rings (SSSR count). The van der Waals surface area contributed by atoms with E-state index in [0.29, 0.717) is 0 Å². The average Bonchev–Trinajstić information content (AvgIpc) is 2.34. The summed E-state index contributed by atoms with van der Waals surface area (Å²) in [4.78, 5) is 0. The van der Waals surface area contributed by atoms with Crippen molar-refractivity contribution in [2.75, 3.05) is 6.61 Å². The second-order valence-corrected chi connectivity index (χ2v) is 4.73. The number of aromatic hydroxyl groups is 1. The molecule has 1 unspecified atom stereocenters. The number of rotatable bonds is 8. The van der Waals surface area contributed by atoms with Gasteiger partial charge >= 0.3 is 0 Å². The van der Waals surface area contributed by atoms with Crippen LogP contribution in [-0.2, 0) is 0 Å². The first-order chi connectivity index (χ1) is 8.22. The van der Waals surface area contributed by atoms with E-state index in [1.807, 2.05) is 0 Å². The number of ether oxygens (including phenoxy) is 1. The molecular weight excluding hydrogens is 212 g/mol. The van der Waals surface area contributed by atoms with Gasteiger partial charge in [-0.05, 0) is 43.0 Å². The van der Waals surface area contributed by atoms with Crippen LogP contribution in [0.3, 0.4) is 0 Å². The summed E-state index contributed by atoms with van der Waals surface area (Å²) in [5, 5.41) is 9.13. The molecule has 0 radical (unpaired) electrons. The van der Waals surface area contributed by atoms with Gasteiger partial charge in [-0.2, -0.15) is 0 Å². The summed E-state index contributed by atoms with van der Waals surface area (Å²) in [5.74, 6) is 1.92. The van der Waals surface area contributed by atoms with Crippen molar-refractivity contribution in [1.82, 2.24) is 0 Å². The Balaban J connectivity index is 2.09. The van der Waals surface area contributed by atoms with Crippen LogP contribution in [-0.4, -0.2) is 11.7 Å². The van der Waals surface area contributed by atoms with Crippen LogP contribution >= 0.6 is 0 Å². The van der Waals surface area contributed by atoms with E-state index in [2.05, 4.69) is 13.8 Å². The molecule has 17 heavy (non-hydrogen) atoms. The van der Waals surface area contributed by atoms with Crippen LogP contribution in [0, 0.1) is 5.92 Å². The average molecular weight is 236 g/mol. The van der Waals surface area contributed by atoms with Gasteiger partial charge in [0.05, 0.1) is 6.61 Å². The van der Waals surface area contributed by atoms with Gasteiger partial charge in [0.15, 0.2) is 0 Å². The number of unbranched alkanes of at least 4 members (excludes halogenated alkanes) is 1. The van der Waals surface area contributed by atoms with Gasteiger partial charge in [0.1, 0.15) is 11.5 Å². The van der Waals surface area contributed by atoms with E-state index in [4.69, 9.17) is 9.84 Å². The first kappa shape index (κ1) is 13.9. The van der Waals surface area contributed by atoms with E-state index in [1.54, 1.807) is 24.3 Å². The quantitative estimate of drug-likeness (QED) is 0.679. The zero-order chi connectivity index (χ0) is 12.5. The second-order valence-electron chi connectivity index (χ2n) is 4.73. The van der Waals surface area contributed by atoms with Crippen molar-refractivity contribution >= 4 is 0 Å². The maximum absolute atomic E-state index is 9.13. The van der Waals surface area contributed by atoms with Crippen molar-refractivity contribution in [3.8, 4) is 11.5 Å². The van der Waals surface area contributed by atoms with Gasteiger partial charge in [0.25, 0.3) is 0 Å². The molecule has 0 heterocycles. The molecule has 1 aromatic rings. The summed E-state index contributed by atoms with van der Waals surface area (Å²) in [6.45, 7) is 5.32. The molecule has 0 aliphatic heterocycles. The molecule has 0 aromatic heterocycles. The fourth-order valence-corrected chi connectivity index (χ4v) is 1.86. The molecule has 0 fully saturated rings. The SMILES string of the molecule is CCCCC(C)CCCOc1ccc(O)cc1. The molecule has 0 aliphatic rings. The third-order valence-corrected chi connectivity index (χ3v) is 3.00. The van der Waals surface area contributed by atoms with E-state index < -0.39 is 0 Å². The molecule has 96 valence electrons. The minimum absolute atomic E-state index is 0.283. The maximum atomic E-state index is 9.13. The minimum Gasteiger partial charge on any atom is -0.508 e. The summed E-state index contributed by atoms with van der Waals surface area (Å²) in [6, 6.07) is 6.91. The number of hydrogen-bond donors (Lipinski definition) is 1. The molecule has 1 aromatic carbocycles. The van der Waals surface area contributed by atoms with Crippen LogP contribution in [0.15, 0.2) is 24.3 Å². The van der Waals surface area contributed by atoms with Crippen molar-refractivity contribution in [2.24, 2.45) is 5.92 Å². The highest BCUT2D eigenvalue weighted by Gasteiger charge is 2.01. The summed E-state index contributed by atoms with van der Waals surface area (Å²) < 4.78 is 5.60. The summed E-state index contributed by atoms with van der Waals surface area (Å²) in [6.07, 6.45) is 6.29. The standard InChI is InChI=1S/C15H24O2/c1-3-4-6-13(2)7-5-12-17-15-10-8-14(16)9-11-15/h8-11,13,16H,3-7,12H2,1-2H3. The van der Waals surface area contributed by atoms with Gasteiger partial charge in [-0.15, -0.1) is 0 Å². The van der Waals surface area contributed by atoms with Crippen LogP contribution in [0.5, 0.6) is 11.5 Å². The molecule has 0 saturated heterocycles. The lowest BCUT2D eigenvalue weighted by atomic mass is 9.99. The normalized spacial score (nSPS) is 12.4. The molecular formula is C15H24O2. The molecule has 2 nitrogen and oxygen atoms in total. The van der Waals surface area contributed by atoms with Crippen LogP contribution in [0.4, 0.5) is 0 Å². The third-order valence-electron chi connectivity index (χ3n) is 3.00. The van der Waals surface area contributed by atoms with Gasteiger partial charge in [0, 0.05) is 0 Å². The highest BCUT2D eigenvalue weighted by Crippen LogP contribution is 2.17. The predicted octanol–water partition coefficient (Wildman–Crippen LogP) is 4.38. The lowest BCUT2D eigenvalue weighted by Gasteiger charge is -2.11. The zero-order valence-electron chi connectivity index (χ0n) is 11.0. The largest absolute Gasteiger partial charge is 0.508 e. The molecule has 0 aliphatic carbocycles. The zero-order valence-corrected chi connectivity index (χ0v) is 11.0. The van der Waals surface area contributed by atoms with Gasteiger partial charge in [-0.1, -0.05) is 33.1 Å². The van der Waals surface area contributed by atoms with E-state index in [1.165, 1.54) is 25.7 Å². The summed E-state index contributed by atoms with van der Waals surface area (Å²) >= 11 is 0. The number of benzene rings is 1. The molecule has 1 N–H and O–H groups in total. The van der Waals surface area contributed by atoms with E-state index in [0.717, 1.165) is 24.7 Å². The highest BCUT2D eigenvalue weighted by molar-refractivity contribution is 5.29. The van der Waals surface area contributed by atoms with Crippen LogP contribution in [0.1, 0.15) is 46.0 Å². The molecule has 0 bridgehead atoms. The topological polar surface area (TPSA) is 29.5 Å². The summed E-state index contributed by atoms with van der Waals surface area (Å²) in [5.41, 5.74) is 0. The molecule has 0 amide bonds. The van der Waals surface area contributed by atoms with E-state index >= 15 is 0 Å². The van der Waals surface area contributed by atoms with Crippen LogP contribution in [0.2, 0.25) is 0 Å². The monoisotopic (exact) mass is 236 g/mol. The lowest BCUT2D eigenvalue weighted by molar-refractivity contribution is 0.291. The van der Waals surface area contributed by atoms with E-state index in [-0.39, 0.29) is 5.75 Å². The smallest absolute Gasteiger partial charge is 0.119 e. The van der Waals surface area contributed by atoms with Crippen molar-refractivity contribution in [3.05, 3.63) is 24.3 Å². The fraction of sp³-hybridized carbons (Fsp3) is 0.600. The van der Waals surface area contributed by atoms with Gasteiger partial charge in [-0.3, -0.25) is 0 Å². The predicted molar refractivity (Wildman–Crippen MR) is 71.5 cm³/mol. The van der Waals surface area contributed by atoms with E-state index in [9.17, 15) is 0 Å². The van der Waals surface area contributed by atoms with Crippen molar-refractivity contribution < 1.29 is 9.84 Å². The van der Waals surface area contributed by atoms with Gasteiger partial charge < -0.3 is 9.84 Å². The molecule has 1 atom stereocenters. The van der Waals surface area contributed by atoms with Crippen molar-refractivity contribution in [1.29, 1.82) is 0 Å². The number of phenols is 1. The highest BCUT2D eigenvalue weighted by atomic mass is 16.5. The first-order valence-electron chi connectivity index (χ1n) is 6.64. The van der Waals surface area contributed by atoms with Crippen LogP contribution in [0.25, 0.3) is 0 Å². The second kappa shape index (κ2) is 7.99. The Morgan fingerprint density at radius 3 is 2.41 bits per heavy atom. The van der Waals surface area contributed by atoms with Crippen molar-refractivity contribution in [2.45, 2.75) is 46.0 Å². The van der Waals surface area contributed by atoms with Gasteiger partial charge in [-0.25, -0.2) is 0 Å². The Morgan fingerprint density at radius 1 is 1.12 bits per heavy atom. The van der Waals surface area contributed by atoms with Crippen molar-refractivity contribution in [3.63, 3.8) is 0 Å². The number of phenolic OH excluding ortho intramolecular Hbond substituents is 1. The third kappa shape index (κ3) is 6.20. The maximum Gasteiger partial charge on any atom is 0.119 e. The Labute approximate surface area is 105 Å². The first-order valence-corrected chi connectivity index (χ1v) is 6.64. The minimum atomic E-state index is 0.283. The number of hydrogen-bond acceptors (Lipinski definition) is 2. The Kier molecular flexibility index (Phi) is 6.53. The Hall–Kier alpha value is -1.18. The molecule has 0 saturated carbocycles.